The summed E-state index contributed by atoms with van der Waals surface area (Å²) in [6, 6.07) is 10.00. The summed E-state index contributed by atoms with van der Waals surface area (Å²) in [6.07, 6.45) is 0.700. The van der Waals surface area contributed by atoms with E-state index in [1.54, 1.807) is 0 Å². The van der Waals surface area contributed by atoms with Crippen LogP contribution in [0, 0.1) is 5.92 Å². The molecule has 1 heterocycles. The summed E-state index contributed by atoms with van der Waals surface area (Å²) in [6.45, 7) is 6.92. The van der Waals surface area contributed by atoms with Crippen LogP contribution < -0.4 is 4.72 Å². The summed E-state index contributed by atoms with van der Waals surface area (Å²) < 4.78 is 15.5. The van der Waals surface area contributed by atoms with E-state index in [1.165, 1.54) is 4.90 Å². The molecule has 2 atom stereocenters. The van der Waals surface area contributed by atoms with E-state index in [9.17, 15) is 9.35 Å². The standard InChI is InChI=1S/C17H26N2O3S/c1-17(2,3)23(22)18-15(13-7-5-4-6-8-13)14-9-11-19(12-10-14)16(20)21/h4-8,14-15,18H,9-12H2,1-3H3,(H,20,21)/t15-,23?/m1/s1. The first kappa shape index (κ1) is 18.1. The SMILES string of the molecule is CC(C)(C)[S+]([O-])N[C@H](c1ccccc1)C1CCN(C(=O)O)CC1. The summed E-state index contributed by atoms with van der Waals surface area (Å²) in [7, 11) is 0. The maximum Gasteiger partial charge on any atom is 0.407 e. The minimum absolute atomic E-state index is 0.0211. The van der Waals surface area contributed by atoms with Crippen LogP contribution in [0.15, 0.2) is 30.3 Å². The average molecular weight is 338 g/mol. The lowest BCUT2D eigenvalue weighted by molar-refractivity contribution is 0.118. The lowest BCUT2D eigenvalue weighted by Crippen LogP contribution is -2.46. The van der Waals surface area contributed by atoms with Crippen molar-refractivity contribution < 1.29 is 14.5 Å². The Kier molecular flexibility index (Phi) is 5.95. The predicted octanol–water partition coefficient (Wildman–Crippen LogP) is 3.17. The second-order valence-corrected chi connectivity index (χ2v) is 8.99. The monoisotopic (exact) mass is 338 g/mol. The number of nitrogens with zero attached hydrogens (tertiary/aromatic N) is 1. The van der Waals surface area contributed by atoms with Gasteiger partial charge < -0.3 is 14.6 Å². The van der Waals surface area contributed by atoms with Gasteiger partial charge in [-0.15, -0.1) is 4.72 Å². The Balaban J connectivity index is 2.13. The van der Waals surface area contributed by atoms with Crippen molar-refractivity contribution in [3.63, 3.8) is 0 Å². The highest BCUT2D eigenvalue weighted by molar-refractivity contribution is 7.90. The lowest BCUT2D eigenvalue weighted by Gasteiger charge is -2.36. The quantitative estimate of drug-likeness (QED) is 0.827. The van der Waals surface area contributed by atoms with Gasteiger partial charge in [-0.2, -0.15) is 0 Å². The van der Waals surface area contributed by atoms with Crippen LogP contribution in [-0.4, -0.2) is 38.5 Å². The number of likely N-dealkylation sites (tertiary alicyclic amines) is 1. The largest absolute Gasteiger partial charge is 0.598 e. The molecule has 128 valence electrons. The molecule has 1 saturated heterocycles. The van der Waals surface area contributed by atoms with Crippen molar-refractivity contribution in [3.05, 3.63) is 35.9 Å². The van der Waals surface area contributed by atoms with Gasteiger partial charge in [0.1, 0.15) is 4.75 Å². The zero-order chi connectivity index (χ0) is 17.0. The molecule has 1 amide bonds. The Labute approximate surface area is 141 Å². The van der Waals surface area contributed by atoms with E-state index >= 15 is 0 Å². The summed E-state index contributed by atoms with van der Waals surface area (Å²) in [5.74, 6) is 0.277. The van der Waals surface area contributed by atoms with E-state index in [-0.39, 0.29) is 16.7 Å². The molecule has 1 unspecified atom stereocenters. The smallest absolute Gasteiger partial charge is 0.407 e. The number of nitrogens with one attached hydrogen (secondary N) is 1. The fraction of sp³-hybridized carbons (Fsp3) is 0.588. The molecule has 0 bridgehead atoms. The molecule has 1 aromatic carbocycles. The molecule has 1 aromatic rings. The van der Waals surface area contributed by atoms with Gasteiger partial charge in [0.15, 0.2) is 0 Å². The molecular formula is C17H26N2O3S. The second-order valence-electron chi connectivity index (χ2n) is 6.99. The Morgan fingerprint density at radius 1 is 1.30 bits per heavy atom. The van der Waals surface area contributed by atoms with E-state index in [2.05, 4.69) is 4.72 Å². The maximum absolute atomic E-state index is 12.6. The summed E-state index contributed by atoms with van der Waals surface area (Å²) in [4.78, 5) is 12.5. The third kappa shape index (κ3) is 4.86. The highest BCUT2D eigenvalue weighted by atomic mass is 32.2. The molecule has 0 aliphatic carbocycles. The molecule has 1 aliphatic rings. The molecule has 2 N–H and O–H groups in total. The Hall–Kier alpha value is -1.24. The van der Waals surface area contributed by atoms with Gasteiger partial charge in [-0.25, -0.2) is 4.79 Å². The molecule has 0 saturated carbocycles. The number of rotatable bonds is 4. The molecular weight excluding hydrogens is 312 g/mol. The van der Waals surface area contributed by atoms with E-state index in [4.69, 9.17) is 5.11 Å². The zero-order valence-corrected chi connectivity index (χ0v) is 14.8. The van der Waals surface area contributed by atoms with Gasteiger partial charge in [-0.1, -0.05) is 30.3 Å². The molecule has 23 heavy (non-hydrogen) atoms. The molecule has 2 rings (SSSR count). The van der Waals surface area contributed by atoms with Crippen LogP contribution in [0.25, 0.3) is 0 Å². The van der Waals surface area contributed by atoms with Gasteiger partial charge in [0.2, 0.25) is 0 Å². The van der Waals surface area contributed by atoms with Crippen LogP contribution in [0.2, 0.25) is 0 Å². The summed E-state index contributed by atoms with van der Waals surface area (Å²) in [5, 5.41) is 9.09. The molecule has 0 spiro atoms. The van der Waals surface area contributed by atoms with Gasteiger partial charge >= 0.3 is 6.09 Å². The van der Waals surface area contributed by atoms with E-state index < -0.39 is 17.5 Å². The van der Waals surface area contributed by atoms with Gasteiger partial charge in [-0.3, -0.25) is 0 Å². The first-order chi connectivity index (χ1) is 10.8. The average Bonchev–Trinajstić information content (AvgIpc) is 2.52. The fourth-order valence-electron chi connectivity index (χ4n) is 2.81. The van der Waals surface area contributed by atoms with Crippen LogP contribution in [0.5, 0.6) is 0 Å². The van der Waals surface area contributed by atoms with Crippen molar-refractivity contribution in [2.75, 3.05) is 13.1 Å². The minimum atomic E-state index is -1.17. The number of carboxylic acid groups (broad SMARTS) is 1. The molecule has 0 radical (unpaired) electrons. The Morgan fingerprint density at radius 3 is 2.35 bits per heavy atom. The zero-order valence-electron chi connectivity index (χ0n) is 14.0. The van der Waals surface area contributed by atoms with Crippen molar-refractivity contribution in [1.82, 2.24) is 9.62 Å². The van der Waals surface area contributed by atoms with Gasteiger partial charge in [0.25, 0.3) is 0 Å². The van der Waals surface area contributed by atoms with Crippen molar-refractivity contribution in [3.8, 4) is 0 Å². The first-order valence-electron chi connectivity index (χ1n) is 8.00. The predicted molar refractivity (Wildman–Crippen MR) is 92.5 cm³/mol. The van der Waals surface area contributed by atoms with Crippen molar-refractivity contribution in [1.29, 1.82) is 0 Å². The maximum atomic E-state index is 12.6. The van der Waals surface area contributed by atoms with Gasteiger partial charge in [0, 0.05) is 24.5 Å². The van der Waals surface area contributed by atoms with Crippen LogP contribution in [0.3, 0.4) is 0 Å². The number of piperidine rings is 1. The van der Waals surface area contributed by atoms with Crippen LogP contribution in [0.1, 0.15) is 45.2 Å². The van der Waals surface area contributed by atoms with E-state index in [0.29, 0.717) is 13.1 Å². The highest BCUT2D eigenvalue weighted by Crippen LogP contribution is 2.32. The third-order valence-electron chi connectivity index (χ3n) is 4.23. The number of hydrogen-bond donors (Lipinski definition) is 2. The van der Waals surface area contributed by atoms with Gasteiger partial charge in [0.05, 0.1) is 6.04 Å². The van der Waals surface area contributed by atoms with Crippen LogP contribution >= 0.6 is 0 Å². The Bertz CT molecular complexity index is 510. The third-order valence-corrected chi connectivity index (χ3v) is 5.81. The number of amides is 1. The Morgan fingerprint density at radius 2 is 1.87 bits per heavy atom. The van der Waals surface area contributed by atoms with Crippen LogP contribution in [-0.2, 0) is 11.4 Å². The highest BCUT2D eigenvalue weighted by Gasteiger charge is 2.35. The molecule has 1 fully saturated rings. The first-order valence-corrected chi connectivity index (χ1v) is 9.15. The van der Waals surface area contributed by atoms with Crippen LogP contribution in [0.4, 0.5) is 4.79 Å². The number of carbonyl (C=O) groups is 1. The van der Waals surface area contributed by atoms with Crippen molar-refractivity contribution >= 4 is 17.5 Å². The van der Waals surface area contributed by atoms with Crippen molar-refractivity contribution in [2.45, 2.75) is 44.4 Å². The van der Waals surface area contributed by atoms with Crippen molar-refractivity contribution in [2.24, 2.45) is 5.92 Å². The molecule has 0 aromatic heterocycles. The molecule has 1 aliphatic heterocycles. The second kappa shape index (κ2) is 7.55. The normalized spacial score (nSPS) is 19.4. The number of hydrogen-bond acceptors (Lipinski definition) is 3. The summed E-state index contributed by atoms with van der Waals surface area (Å²) in [5.41, 5.74) is 1.11. The molecule has 5 nitrogen and oxygen atoms in total. The van der Waals surface area contributed by atoms with E-state index in [1.807, 2.05) is 51.1 Å². The summed E-state index contributed by atoms with van der Waals surface area (Å²) >= 11 is -1.17. The fourth-order valence-corrected chi connectivity index (χ4v) is 3.73. The van der Waals surface area contributed by atoms with Gasteiger partial charge in [-0.05, 0) is 45.1 Å². The minimum Gasteiger partial charge on any atom is -0.598 e. The molecule has 6 heteroatoms. The topological polar surface area (TPSA) is 75.6 Å². The lowest BCUT2D eigenvalue weighted by atomic mass is 9.86. The number of benzene rings is 1. The van der Waals surface area contributed by atoms with E-state index in [0.717, 1.165) is 18.4 Å².